The highest BCUT2D eigenvalue weighted by Gasteiger charge is 2.45. The molecule has 0 bridgehead atoms. The van der Waals surface area contributed by atoms with Gasteiger partial charge in [0.15, 0.2) is 5.69 Å². The van der Waals surface area contributed by atoms with Gasteiger partial charge in [0.25, 0.3) is 11.8 Å². The molecule has 6 heteroatoms. The molecule has 120 valence electrons. The van der Waals surface area contributed by atoms with E-state index in [1.807, 2.05) is 31.2 Å². The molecule has 0 spiro atoms. The Morgan fingerprint density at radius 1 is 1.22 bits per heavy atom. The van der Waals surface area contributed by atoms with E-state index in [2.05, 4.69) is 9.97 Å². The molecule has 1 heterocycles. The van der Waals surface area contributed by atoms with Crippen LogP contribution in [-0.2, 0) is 10.2 Å². The van der Waals surface area contributed by atoms with E-state index in [4.69, 9.17) is 10.5 Å². The average Bonchev–Trinajstić information content (AvgIpc) is 3.17. The summed E-state index contributed by atoms with van der Waals surface area (Å²) in [6.07, 6.45) is 4.67. The van der Waals surface area contributed by atoms with Gasteiger partial charge in [-0.15, -0.1) is 0 Å². The summed E-state index contributed by atoms with van der Waals surface area (Å²) in [5.41, 5.74) is 6.66. The van der Waals surface area contributed by atoms with Crippen molar-refractivity contribution in [2.24, 2.45) is 5.73 Å². The summed E-state index contributed by atoms with van der Waals surface area (Å²) < 4.78 is 5.44. The minimum atomic E-state index is -0.707. The van der Waals surface area contributed by atoms with E-state index in [-0.39, 0.29) is 17.5 Å². The monoisotopic (exact) mass is 313 g/mol. The predicted octanol–water partition coefficient (Wildman–Crippen LogP) is 2.23. The molecule has 0 radical (unpaired) electrons. The highest BCUT2D eigenvalue weighted by Crippen LogP contribution is 2.42. The second-order valence-corrected chi connectivity index (χ2v) is 5.99. The van der Waals surface area contributed by atoms with Crippen LogP contribution in [0.5, 0.6) is 5.88 Å². The number of aromatic amines is 1. The maximum atomic E-state index is 12.9. The molecule has 0 atom stereocenters. The van der Waals surface area contributed by atoms with Crippen LogP contribution in [0, 0.1) is 6.92 Å². The summed E-state index contributed by atoms with van der Waals surface area (Å²) in [5.74, 6) is -1.14. The number of amides is 1. The summed E-state index contributed by atoms with van der Waals surface area (Å²) in [5, 5.41) is 0. The smallest absolute Gasteiger partial charge is 0.323 e. The molecule has 3 rings (SSSR count). The number of nitrogens with one attached hydrogen (secondary N) is 1. The van der Waals surface area contributed by atoms with E-state index in [1.165, 1.54) is 6.33 Å². The number of rotatable bonds is 4. The Labute approximate surface area is 134 Å². The zero-order chi connectivity index (χ0) is 16.4. The topological polar surface area (TPSA) is 98.1 Å². The number of nitrogens with two attached hydrogens (primary N) is 1. The molecule has 1 aliphatic carbocycles. The molecule has 1 saturated carbocycles. The third-order valence-electron chi connectivity index (χ3n) is 4.49. The fourth-order valence-electron chi connectivity index (χ4n) is 3.18. The lowest BCUT2D eigenvalue weighted by Gasteiger charge is -2.26. The second-order valence-electron chi connectivity index (χ2n) is 5.99. The molecular formula is C17H19N3O3. The molecule has 1 aliphatic rings. The van der Waals surface area contributed by atoms with Gasteiger partial charge in [-0.25, -0.2) is 4.98 Å². The number of H-pyrrole nitrogens is 1. The fraction of sp³-hybridized carbons (Fsp3) is 0.353. The van der Waals surface area contributed by atoms with Crippen molar-refractivity contribution in [3.05, 3.63) is 47.4 Å². The van der Waals surface area contributed by atoms with Crippen LogP contribution < -0.4 is 10.5 Å². The van der Waals surface area contributed by atoms with Gasteiger partial charge in [0.05, 0.1) is 11.7 Å². The van der Waals surface area contributed by atoms with Crippen molar-refractivity contribution >= 4 is 11.9 Å². The molecule has 1 aromatic heterocycles. The number of benzene rings is 1. The Morgan fingerprint density at radius 3 is 2.48 bits per heavy atom. The first-order chi connectivity index (χ1) is 11.0. The number of esters is 1. The molecule has 23 heavy (non-hydrogen) atoms. The Morgan fingerprint density at radius 2 is 1.87 bits per heavy atom. The van der Waals surface area contributed by atoms with Crippen molar-refractivity contribution in [2.45, 2.75) is 38.0 Å². The number of primary amides is 1. The van der Waals surface area contributed by atoms with Gasteiger partial charge >= 0.3 is 5.97 Å². The van der Waals surface area contributed by atoms with Gasteiger partial charge in [-0.3, -0.25) is 9.59 Å². The van der Waals surface area contributed by atoms with Crippen LogP contribution in [0.15, 0.2) is 30.6 Å². The van der Waals surface area contributed by atoms with E-state index in [1.54, 1.807) is 0 Å². The Balaban J connectivity index is 1.92. The molecule has 1 aromatic carbocycles. The van der Waals surface area contributed by atoms with Crippen LogP contribution in [0.25, 0.3) is 0 Å². The Hall–Kier alpha value is -2.63. The number of imidazole rings is 1. The van der Waals surface area contributed by atoms with Gasteiger partial charge in [0.2, 0.25) is 0 Å². The van der Waals surface area contributed by atoms with E-state index < -0.39 is 11.3 Å². The summed E-state index contributed by atoms with van der Waals surface area (Å²) in [6.45, 7) is 2.01. The average molecular weight is 313 g/mol. The minimum Gasteiger partial charge on any atom is -0.404 e. The fourth-order valence-corrected chi connectivity index (χ4v) is 3.18. The lowest BCUT2D eigenvalue weighted by Crippen LogP contribution is -2.37. The first kappa shape index (κ1) is 15.3. The number of nitrogens with zero attached hydrogens (tertiary/aromatic N) is 1. The molecule has 6 nitrogen and oxygen atoms in total. The quantitative estimate of drug-likeness (QED) is 0.846. The normalized spacial score (nSPS) is 16.2. The van der Waals surface area contributed by atoms with Crippen molar-refractivity contribution < 1.29 is 14.3 Å². The summed E-state index contributed by atoms with van der Waals surface area (Å²) >= 11 is 0. The number of carbonyl (C=O) groups is 2. The Bertz CT molecular complexity index is 728. The van der Waals surface area contributed by atoms with Crippen LogP contribution in [0.3, 0.4) is 0 Å². The number of carbonyl (C=O) groups excluding carboxylic acids is 2. The van der Waals surface area contributed by atoms with Crippen LogP contribution in [-0.4, -0.2) is 21.8 Å². The highest BCUT2D eigenvalue weighted by molar-refractivity contribution is 5.94. The molecule has 0 saturated heterocycles. The molecule has 1 amide bonds. The number of aryl methyl sites for hydroxylation is 1. The minimum absolute atomic E-state index is 0.00963. The molecule has 1 fully saturated rings. The maximum absolute atomic E-state index is 12.9. The zero-order valence-electron chi connectivity index (χ0n) is 13.0. The van der Waals surface area contributed by atoms with E-state index in [9.17, 15) is 9.59 Å². The second kappa shape index (κ2) is 5.87. The summed E-state index contributed by atoms with van der Waals surface area (Å²) in [6, 6.07) is 7.93. The number of ether oxygens (including phenoxy) is 1. The van der Waals surface area contributed by atoms with Gasteiger partial charge in [0.1, 0.15) is 0 Å². The van der Waals surface area contributed by atoms with Crippen molar-refractivity contribution in [2.75, 3.05) is 0 Å². The lowest BCUT2D eigenvalue weighted by molar-refractivity contribution is -0.141. The third-order valence-corrected chi connectivity index (χ3v) is 4.49. The number of aromatic nitrogens is 2. The van der Waals surface area contributed by atoms with Gasteiger partial charge in [0, 0.05) is 0 Å². The molecule has 0 aliphatic heterocycles. The third kappa shape index (κ3) is 2.72. The van der Waals surface area contributed by atoms with Crippen LogP contribution >= 0.6 is 0 Å². The molecular weight excluding hydrogens is 294 g/mol. The standard InChI is InChI=1S/C17H19N3O3/c1-11-4-6-12(7-5-11)17(8-2-3-9-17)16(22)23-15-13(14(18)21)19-10-20-15/h4-7,10H,2-3,8-9H2,1H3,(H2,18,21)(H,19,20). The Kier molecular flexibility index (Phi) is 3.90. The molecule has 2 aromatic rings. The van der Waals surface area contributed by atoms with Crippen molar-refractivity contribution in [3.8, 4) is 5.88 Å². The number of hydrogen-bond donors (Lipinski definition) is 2. The van der Waals surface area contributed by atoms with Crippen molar-refractivity contribution in [1.29, 1.82) is 0 Å². The van der Waals surface area contributed by atoms with Crippen LogP contribution in [0.1, 0.15) is 47.3 Å². The van der Waals surface area contributed by atoms with Gasteiger partial charge in [-0.1, -0.05) is 42.7 Å². The largest absolute Gasteiger partial charge is 0.404 e. The first-order valence-corrected chi connectivity index (χ1v) is 7.65. The van der Waals surface area contributed by atoms with Crippen molar-refractivity contribution in [1.82, 2.24) is 9.97 Å². The van der Waals surface area contributed by atoms with Crippen LogP contribution in [0.2, 0.25) is 0 Å². The molecule has 0 unspecified atom stereocenters. The summed E-state index contributed by atoms with van der Waals surface area (Å²) in [7, 11) is 0. The van der Waals surface area contributed by atoms with Gasteiger partial charge < -0.3 is 15.5 Å². The van der Waals surface area contributed by atoms with E-state index in [0.717, 1.165) is 36.8 Å². The van der Waals surface area contributed by atoms with E-state index in [0.29, 0.717) is 0 Å². The first-order valence-electron chi connectivity index (χ1n) is 7.65. The van der Waals surface area contributed by atoms with Crippen molar-refractivity contribution in [3.63, 3.8) is 0 Å². The van der Waals surface area contributed by atoms with Crippen LogP contribution in [0.4, 0.5) is 0 Å². The van der Waals surface area contributed by atoms with Gasteiger partial charge in [-0.2, -0.15) is 0 Å². The van der Waals surface area contributed by atoms with Gasteiger partial charge in [-0.05, 0) is 25.3 Å². The molecule has 3 N–H and O–H groups in total. The maximum Gasteiger partial charge on any atom is 0.323 e. The SMILES string of the molecule is Cc1ccc(C2(C(=O)Oc3nc[nH]c3C(N)=O)CCCC2)cc1. The lowest BCUT2D eigenvalue weighted by atomic mass is 9.78. The summed E-state index contributed by atoms with van der Waals surface area (Å²) in [4.78, 5) is 30.7. The number of hydrogen-bond acceptors (Lipinski definition) is 4. The highest BCUT2D eigenvalue weighted by atomic mass is 16.5. The van der Waals surface area contributed by atoms with E-state index >= 15 is 0 Å². The predicted molar refractivity (Wildman–Crippen MR) is 84.1 cm³/mol. The zero-order valence-corrected chi connectivity index (χ0v) is 13.0.